The number of hydrogen-bond donors (Lipinski definition) is 1. The van der Waals surface area contributed by atoms with Crippen LogP contribution in [0.4, 0.5) is 5.69 Å². The summed E-state index contributed by atoms with van der Waals surface area (Å²) < 4.78 is 5.49. The van der Waals surface area contributed by atoms with Gasteiger partial charge in [-0.3, -0.25) is 0 Å². The first-order valence-corrected chi connectivity index (χ1v) is 6.07. The lowest BCUT2D eigenvalue weighted by atomic mass is 10.1. The molecule has 0 spiro atoms. The molecule has 0 amide bonds. The Balaban J connectivity index is 2.95. The third-order valence-corrected chi connectivity index (χ3v) is 2.93. The lowest BCUT2D eigenvalue weighted by Gasteiger charge is -2.24. The minimum absolute atomic E-state index is 0.231. The molecule has 0 aliphatic carbocycles. The second kappa shape index (κ2) is 5.92. The quantitative estimate of drug-likeness (QED) is 0.853. The van der Waals surface area contributed by atoms with E-state index in [1.54, 1.807) is 7.11 Å². The van der Waals surface area contributed by atoms with Crippen molar-refractivity contribution in [2.24, 2.45) is 5.73 Å². The Morgan fingerprint density at radius 1 is 1.35 bits per heavy atom. The Bertz CT molecular complexity index is 375. The molecule has 3 heteroatoms. The maximum atomic E-state index is 5.79. The molecule has 0 saturated heterocycles. The van der Waals surface area contributed by atoms with Crippen LogP contribution in [0.25, 0.3) is 0 Å². The van der Waals surface area contributed by atoms with Gasteiger partial charge in [0.15, 0.2) is 0 Å². The Hall–Kier alpha value is -1.22. The summed E-state index contributed by atoms with van der Waals surface area (Å²) in [5, 5.41) is 0. The summed E-state index contributed by atoms with van der Waals surface area (Å²) in [6.45, 7) is 7.16. The van der Waals surface area contributed by atoms with Gasteiger partial charge in [0.25, 0.3) is 0 Å². The number of ether oxygens (including phenoxy) is 1. The largest absolute Gasteiger partial charge is 0.494 e. The van der Waals surface area contributed by atoms with E-state index in [1.165, 1.54) is 11.1 Å². The fraction of sp³-hybridized carbons (Fsp3) is 0.571. The molecular weight excluding hydrogens is 212 g/mol. The van der Waals surface area contributed by atoms with Crippen molar-refractivity contribution >= 4 is 5.69 Å². The van der Waals surface area contributed by atoms with E-state index in [0.717, 1.165) is 24.4 Å². The number of rotatable bonds is 5. The molecule has 0 heterocycles. The molecule has 0 fully saturated rings. The number of aryl methyl sites for hydroxylation is 2. The van der Waals surface area contributed by atoms with Gasteiger partial charge in [0, 0.05) is 19.6 Å². The van der Waals surface area contributed by atoms with E-state index in [4.69, 9.17) is 10.5 Å². The molecule has 2 N–H and O–H groups in total. The SMILES string of the molecule is COc1c(C)cc(C)cc1N(C)CCC(C)N. The van der Waals surface area contributed by atoms with Gasteiger partial charge in [0.2, 0.25) is 0 Å². The minimum atomic E-state index is 0.231. The van der Waals surface area contributed by atoms with Gasteiger partial charge in [-0.05, 0) is 44.4 Å². The molecule has 0 bridgehead atoms. The summed E-state index contributed by atoms with van der Waals surface area (Å²) in [5.74, 6) is 0.961. The highest BCUT2D eigenvalue weighted by Gasteiger charge is 2.11. The van der Waals surface area contributed by atoms with Gasteiger partial charge in [0.1, 0.15) is 5.75 Å². The summed E-state index contributed by atoms with van der Waals surface area (Å²) in [5.41, 5.74) is 9.37. The molecule has 0 aromatic heterocycles. The zero-order chi connectivity index (χ0) is 13.0. The first-order valence-electron chi connectivity index (χ1n) is 6.07. The predicted molar refractivity (Wildman–Crippen MR) is 74.0 cm³/mol. The molecule has 1 aromatic carbocycles. The molecule has 0 radical (unpaired) electrons. The van der Waals surface area contributed by atoms with E-state index in [0.29, 0.717) is 0 Å². The fourth-order valence-corrected chi connectivity index (χ4v) is 2.00. The fourth-order valence-electron chi connectivity index (χ4n) is 2.00. The van der Waals surface area contributed by atoms with Gasteiger partial charge in [-0.15, -0.1) is 0 Å². The van der Waals surface area contributed by atoms with Gasteiger partial charge < -0.3 is 15.4 Å². The third-order valence-electron chi connectivity index (χ3n) is 2.93. The Labute approximate surface area is 105 Å². The molecule has 96 valence electrons. The molecule has 0 aliphatic rings. The maximum absolute atomic E-state index is 5.79. The molecule has 1 rings (SSSR count). The van der Waals surface area contributed by atoms with Crippen LogP contribution in [0.1, 0.15) is 24.5 Å². The van der Waals surface area contributed by atoms with Crippen molar-refractivity contribution in [3.05, 3.63) is 23.3 Å². The van der Waals surface area contributed by atoms with Crippen molar-refractivity contribution in [3.8, 4) is 5.75 Å². The molecule has 1 atom stereocenters. The van der Waals surface area contributed by atoms with E-state index in [1.807, 2.05) is 6.92 Å². The monoisotopic (exact) mass is 236 g/mol. The van der Waals surface area contributed by atoms with Crippen molar-refractivity contribution in [3.63, 3.8) is 0 Å². The molecule has 3 nitrogen and oxygen atoms in total. The van der Waals surface area contributed by atoms with Crippen LogP contribution >= 0.6 is 0 Å². The van der Waals surface area contributed by atoms with Crippen molar-refractivity contribution < 1.29 is 4.74 Å². The summed E-state index contributed by atoms with van der Waals surface area (Å²) in [7, 11) is 3.81. The third kappa shape index (κ3) is 3.63. The van der Waals surface area contributed by atoms with Crippen LogP contribution in [0, 0.1) is 13.8 Å². The summed E-state index contributed by atoms with van der Waals surface area (Å²) >= 11 is 0. The van der Waals surface area contributed by atoms with Crippen LogP contribution in [0.15, 0.2) is 12.1 Å². The number of hydrogen-bond acceptors (Lipinski definition) is 3. The second-order valence-electron chi connectivity index (χ2n) is 4.82. The smallest absolute Gasteiger partial charge is 0.145 e. The maximum Gasteiger partial charge on any atom is 0.145 e. The molecule has 1 unspecified atom stereocenters. The number of anilines is 1. The first-order chi connectivity index (χ1) is 7.95. The standard InChI is InChI=1S/C14H24N2O/c1-10-8-11(2)14(17-5)13(9-10)16(4)7-6-12(3)15/h8-9,12H,6-7,15H2,1-5H3. The predicted octanol–water partition coefficient (Wildman–Crippen LogP) is 2.49. The summed E-state index contributed by atoms with van der Waals surface area (Å²) in [4.78, 5) is 2.21. The van der Waals surface area contributed by atoms with Crippen molar-refractivity contribution in [1.82, 2.24) is 0 Å². The first kappa shape index (κ1) is 13.8. The average Bonchev–Trinajstić information content (AvgIpc) is 2.24. The van der Waals surface area contributed by atoms with Crippen molar-refractivity contribution in [2.45, 2.75) is 33.2 Å². The minimum Gasteiger partial charge on any atom is -0.494 e. The Morgan fingerprint density at radius 3 is 2.53 bits per heavy atom. The van der Waals surface area contributed by atoms with Gasteiger partial charge in [-0.25, -0.2) is 0 Å². The van der Waals surface area contributed by atoms with E-state index < -0.39 is 0 Å². The van der Waals surface area contributed by atoms with Gasteiger partial charge >= 0.3 is 0 Å². The lowest BCUT2D eigenvalue weighted by molar-refractivity contribution is 0.411. The van der Waals surface area contributed by atoms with Crippen molar-refractivity contribution in [2.75, 3.05) is 25.6 Å². The summed E-state index contributed by atoms with van der Waals surface area (Å²) in [6.07, 6.45) is 0.979. The van der Waals surface area contributed by atoms with E-state index in [-0.39, 0.29) is 6.04 Å². The van der Waals surface area contributed by atoms with Crippen LogP contribution in [-0.4, -0.2) is 26.7 Å². The highest BCUT2D eigenvalue weighted by molar-refractivity contribution is 5.63. The van der Waals surface area contributed by atoms with Crippen LogP contribution in [-0.2, 0) is 0 Å². The highest BCUT2D eigenvalue weighted by atomic mass is 16.5. The van der Waals surface area contributed by atoms with E-state index >= 15 is 0 Å². The van der Waals surface area contributed by atoms with Crippen LogP contribution in [0.2, 0.25) is 0 Å². The van der Waals surface area contributed by atoms with Gasteiger partial charge in [-0.1, -0.05) is 6.07 Å². The number of nitrogens with two attached hydrogens (primary N) is 1. The van der Waals surface area contributed by atoms with Gasteiger partial charge in [-0.2, -0.15) is 0 Å². The van der Waals surface area contributed by atoms with Crippen LogP contribution in [0.3, 0.4) is 0 Å². The number of methoxy groups -OCH3 is 1. The molecule has 0 aliphatic heterocycles. The Kier molecular flexibility index (Phi) is 4.82. The Morgan fingerprint density at radius 2 is 2.00 bits per heavy atom. The molecule has 17 heavy (non-hydrogen) atoms. The summed E-state index contributed by atoms with van der Waals surface area (Å²) in [6, 6.07) is 4.53. The zero-order valence-electron chi connectivity index (χ0n) is 11.6. The molecule has 1 aromatic rings. The molecular formula is C14H24N2O. The van der Waals surface area contributed by atoms with E-state index in [9.17, 15) is 0 Å². The normalized spacial score (nSPS) is 12.4. The van der Waals surface area contributed by atoms with Crippen LogP contribution in [0.5, 0.6) is 5.75 Å². The van der Waals surface area contributed by atoms with Crippen molar-refractivity contribution in [1.29, 1.82) is 0 Å². The van der Waals surface area contributed by atoms with E-state index in [2.05, 4.69) is 37.9 Å². The topological polar surface area (TPSA) is 38.5 Å². The van der Waals surface area contributed by atoms with Gasteiger partial charge in [0.05, 0.1) is 12.8 Å². The highest BCUT2D eigenvalue weighted by Crippen LogP contribution is 2.32. The average molecular weight is 236 g/mol. The number of benzene rings is 1. The number of nitrogens with zero attached hydrogens (tertiary/aromatic N) is 1. The molecule has 0 saturated carbocycles. The second-order valence-corrected chi connectivity index (χ2v) is 4.82. The van der Waals surface area contributed by atoms with Crippen LogP contribution < -0.4 is 15.4 Å². The lowest BCUT2D eigenvalue weighted by Crippen LogP contribution is -2.26. The zero-order valence-corrected chi connectivity index (χ0v) is 11.6.